The highest BCUT2D eigenvalue weighted by molar-refractivity contribution is 7.80. The predicted octanol–water partition coefficient (Wildman–Crippen LogP) is 4.47. The third-order valence-electron chi connectivity index (χ3n) is 9.89. The van der Waals surface area contributed by atoms with Crippen LogP contribution in [0, 0.1) is 5.92 Å². The fourth-order valence-corrected chi connectivity index (χ4v) is 6.77. The Bertz CT molecular complexity index is 1510. The molecule has 2 aliphatic heterocycles. The van der Waals surface area contributed by atoms with E-state index in [9.17, 15) is 24.3 Å². The molecule has 13 nitrogen and oxygen atoms in total. The standard InChI is InChI=1S/C36H52ClN3O10S/c1-11-20(3)15-23-16-24(31(37)25(17-23)46-9)40(8)30(42)18-28(49-33(43)22(5)39(7)29(41)13-14-51)35(6)32(50-35)21(4)26-19-36(45,27(12-2)47-10)38-34(44)48-26/h11-12,16-17,21-22,26-28,32,45,51H,2,13-15,18-19H2,1,3-10H3,(H,38,44)/b20-11+/t21-,22+,26+,27-,28+,32+,35+,36+/m1/s1. The van der Waals surface area contributed by atoms with Gasteiger partial charge < -0.3 is 38.6 Å². The number of carbonyl (C=O) groups is 4. The average molecular weight is 754 g/mol. The van der Waals surface area contributed by atoms with E-state index in [0.29, 0.717) is 23.6 Å². The van der Waals surface area contributed by atoms with E-state index in [2.05, 4.69) is 24.5 Å². The van der Waals surface area contributed by atoms with Crippen molar-refractivity contribution in [1.29, 1.82) is 0 Å². The van der Waals surface area contributed by atoms with E-state index in [4.69, 9.17) is 35.3 Å². The lowest BCUT2D eigenvalue weighted by Gasteiger charge is -2.42. The van der Waals surface area contributed by atoms with Gasteiger partial charge in [-0.3, -0.25) is 14.9 Å². The van der Waals surface area contributed by atoms with Gasteiger partial charge in [0, 0.05) is 40.0 Å². The lowest BCUT2D eigenvalue weighted by atomic mass is 9.83. The minimum Gasteiger partial charge on any atom is -0.495 e. The molecule has 3 rings (SSSR count). The van der Waals surface area contributed by atoms with Crippen molar-refractivity contribution in [2.24, 2.45) is 5.92 Å². The predicted molar refractivity (Wildman–Crippen MR) is 196 cm³/mol. The zero-order valence-electron chi connectivity index (χ0n) is 30.9. The van der Waals surface area contributed by atoms with E-state index in [1.807, 2.05) is 32.1 Å². The molecule has 8 atom stereocenters. The number of aliphatic hydroxyl groups is 1. The molecule has 0 unspecified atom stereocenters. The molecule has 0 aromatic heterocycles. The van der Waals surface area contributed by atoms with E-state index in [1.165, 1.54) is 44.1 Å². The normalized spacial score (nSPS) is 25.3. The third-order valence-corrected chi connectivity index (χ3v) is 10.5. The Morgan fingerprint density at radius 3 is 2.47 bits per heavy atom. The number of allylic oxidation sites excluding steroid dienone is 2. The van der Waals surface area contributed by atoms with Gasteiger partial charge in [0.05, 0.1) is 25.3 Å². The molecule has 2 N–H and O–H groups in total. The van der Waals surface area contributed by atoms with E-state index in [1.54, 1.807) is 20.9 Å². The number of cyclic esters (lactones) is 1. The summed E-state index contributed by atoms with van der Waals surface area (Å²) in [6.07, 6.45) is -0.731. The largest absolute Gasteiger partial charge is 0.495 e. The summed E-state index contributed by atoms with van der Waals surface area (Å²) in [5, 5.41) is 13.9. The Kier molecular flexibility index (Phi) is 14.4. The van der Waals surface area contributed by atoms with Crippen molar-refractivity contribution in [3.05, 3.63) is 47.0 Å². The maximum atomic E-state index is 14.1. The first-order valence-electron chi connectivity index (χ1n) is 16.8. The first-order valence-corrected chi connectivity index (χ1v) is 17.8. The lowest BCUT2D eigenvalue weighted by molar-refractivity contribution is -0.161. The second-order valence-electron chi connectivity index (χ2n) is 13.4. The minimum absolute atomic E-state index is 0.0645. The van der Waals surface area contributed by atoms with Gasteiger partial charge in [-0.25, -0.2) is 9.59 Å². The van der Waals surface area contributed by atoms with Gasteiger partial charge in [-0.2, -0.15) is 12.6 Å². The monoisotopic (exact) mass is 753 g/mol. The van der Waals surface area contributed by atoms with E-state index < -0.39 is 65.7 Å². The molecule has 1 aromatic carbocycles. The summed E-state index contributed by atoms with van der Waals surface area (Å²) in [7, 11) is 5.93. The summed E-state index contributed by atoms with van der Waals surface area (Å²) >= 11 is 10.8. The molecular weight excluding hydrogens is 702 g/mol. The number of halogens is 1. The summed E-state index contributed by atoms with van der Waals surface area (Å²) in [5.74, 6) is -1.32. The molecule has 284 valence electrons. The molecular formula is C36H52ClN3O10S. The smallest absolute Gasteiger partial charge is 0.409 e. The molecule has 0 aliphatic carbocycles. The Hall–Kier alpha value is -3.30. The zero-order chi connectivity index (χ0) is 38.4. The van der Waals surface area contributed by atoms with Crippen molar-refractivity contribution in [2.75, 3.05) is 39.0 Å². The number of carbonyl (C=O) groups excluding carboxylic acids is 4. The molecule has 2 fully saturated rings. The number of hydrogen-bond donors (Lipinski definition) is 3. The summed E-state index contributed by atoms with van der Waals surface area (Å²) in [4.78, 5) is 55.4. The van der Waals surface area contributed by atoms with Gasteiger partial charge in [-0.15, -0.1) is 6.58 Å². The van der Waals surface area contributed by atoms with Gasteiger partial charge in [0.15, 0.2) is 5.72 Å². The van der Waals surface area contributed by atoms with Crippen molar-refractivity contribution < 1.29 is 48.0 Å². The van der Waals surface area contributed by atoms with Crippen LogP contribution in [-0.4, -0.2) is 110 Å². The summed E-state index contributed by atoms with van der Waals surface area (Å²) < 4.78 is 28.6. The van der Waals surface area contributed by atoms with E-state index in [0.717, 1.165) is 11.1 Å². The van der Waals surface area contributed by atoms with Gasteiger partial charge in [0.1, 0.15) is 40.7 Å². The average Bonchev–Trinajstić information content (AvgIpc) is 3.79. The molecule has 0 saturated carbocycles. The molecule has 51 heavy (non-hydrogen) atoms. The Balaban J connectivity index is 1.94. The number of nitrogens with one attached hydrogen (secondary N) is 1. The number of thiol groups is 1. The number of methoxy groups -OCH3 is 2. The molecule has 1 aromatic rings. The molecule has 3 amide bonds. The van der Waals surface area contributed by atoms with Crippen LogP contribution >= 0.6 is 24.2 Å². The van der Waals surface area contributed by atoms with Crippen LogP contribution in [-0.2, 0) is 39.8 Å². The summed E-state index contributed by atoms with van der Waals surface area (Å²) in [6.45, 7) is 12.6. The summed E-state index contributed by atoms with van der Waals surface area (Å²) in [6, 6.07) is 2.64. The molecule has 0 spiro atoms. The van der Waals surface area contributed by atoms with Gasteiger partial charge >= 0.3 is 12.1 Å². The molecule has 0 bridgehead atoms. The Morgan fingerprint density at radius 1 is 1.24 bits per heavy atom. The molecule has 0 radical (unpaired) electrons. The minimum atomic E-state index is -1.81. The fourth-order valence-electron chi connectivity index (χ4n) is 6.27. The maximum Gasteiger partial charge on any atom is 0.409 e. The van der Waals surface area contributed by atoms with Crippen LogP contribution in [0.15, 0.2) is 36.4 Å². The van der Waals surface area contributed by atoms with Crippen LogP contribution in [0.4, 0.5) is 10.5 Å². The first-order chi connectivity index (χ1) is 23.9. The number of hydrogen-bond acceptors (Lipinski definition) is 11. The summed E-state index contributed by atoms with van der Waals surface area (Å²) in [5.41, 5.74) is -0.641. The number of esters is 1. The maximum absolute atomic E-state index is 14.1. The van der Waals surface area contributed by atoms with Gasteiger partial charge in [0.2, 0.25) is 11.8 Å². The van der Waals surface area contributed by atoms with Gasteiger partial charge in [-0.05, 0) is 57.6 Å². The van der Waals surface area contributed by atoms with Crippen LogP contribution in [0.5, 0.6) is 5.75 Å². The van der Waals surface area contributed by atoms with Crippen molar-refractivity contribution in [3.63, 3.8) is 0 Å². The number of nitrogens with zero attached hydrogens (tertiary/aromatic N) is 2. The first kappa shape index (κ1) is 42.1. The zero-order valence-corrected chi connectivity index (χ0v) is 32.5. The second kappa shape index (κ2) is 17.5. The van der Waals surface area contributed by atoms with Crippen LogP contribution in [0.3, 0.4) is 0 Å². The number of ether oxygens (including phenoxy) is 5. The van der Waals surface area contributed by atoms with Crippen LogP contribution in [0.2, 0.25) is 5.02 Å². The highest BCUT2D eigenvalue weighted by atomic mass is 35.5. The van der Waals surface area contributed by atoms with Crippen molar-refractivity contribution in [1.82, 2.24) is 10.2 Å². The lowest BCUT2D eigenvalue weighted by Crippen LogP contribution is -2.63. The SMILES string of the molecule is C=C[C@@H](OC)[C@@]1(O)C[C@@H]([C@@H](C)[C@@H]2O[C@@]2(C)[C@H](CC(=O)N(C)c2cc(C/C(C)=C/C)cc(OC)c2Cl)OC(=O)[C@H](C)N(C)C(=O)CCS)OC(=O)N1. The molecule has 2 heterocycles. The number of epoxide rings is 1. The highest BCUT2D eigenvalue weighted by Crippen LogP contribution is 2.49. The van der Waals surface area contributed by atoms with E-state index in [-0.39, 0.29) is 30.2 Å². The number of benzene rings is 1. The number of amides is 3. The van der Waals surface area contributed by atoms with Crippen molar-refractivity contribution >= 4 is 53.8 Å². The quantitative estimate of drug-likeness (QED) is 0.0898. The number of alkyl carbamates (subject to hydrolysis) is 1. The van der Waals surface area contributed by atoms with Crippen LogP contribution in [0.1, 0.15) is 59.4 Å². The van der Waals surface area contributed by atoms with Crippen molar-refractivity contribution in [2.45, 2.75) is 102 Å². The molecule has 2 saturated heterocycles. The molecule has 2 aliphatic rings. The number of likely N-dealkylation sites (N-methyl/N-ethyl adjacent to an activating group) is 1. The number of anilines is 1. The molecule has 15 heteroatoms. The fraction of sp³-hybridized carbons (Fsp3) is 0.611. The Morgan fingerprint density at radius 2 is 1.90 bits per heavy atom. The van der Waals surface area contributed by atoms with Crippen molar-refractivity contribution in [3.8, 4) is 5.75 Å². The number of rotatable bonds is 17. The van der Waals surface area contributed by atoms with Crippen LogP contribution < -0.4 is 15.0 Å². The van der Waals surface area contributed by atoms with Gasteiger partial charge in [-0.1, -0.05) is 36.2 Å². The Labute approximate surface area is 311 Å². The topological polar surface area (TPSA) is 156 Å². The van der Waals surface area contributed by atoms with E-state index >= 15 is 0 Å². The third kappa shape index (κ3) is 9.58. The highest BCUT2D eigenvalue weighted by Gasteiger charge is 2.64. The van der Waals surface area contributed by atoms with Crippen LogP contribution in [0.25, 0.3) is 0 Å². The van der Waals surface area contributed by atoms with Gasteiger partial charge in [0.25, 0.3) is 0 Å². The second-order valence-corrected chi connectivity index (χ2v) is 14.2.